The lowest BCUT2D eigenvalue weighted by Crippen LogP contribution is -2.37. The van der Waals surface area contributed by atoms with Crippen molar-refractivity contribution in [3.05, 3.63) is 59.7 Å². The van der Waals surface area contributed by atoms with Crippen LogP contribution in [0.3, 0.4) is 0 Å². The number of hydrogen-bond acceptors (Lipinski definition) is 3. The summed E-state index contributed by atoms with van der Waals surface area (Å²) < 4.78 is 5.78. The lowest BCUT2D eigenvalue weighted by atomic mass is 9.95. The molecular formula is C24H30N2O3. The van der Waals surface area contributed by atoms with Crippen LogP contribution in [0, 0.1) is 5.92 Å². The van der Waals surface area contributed by atoms with Crippen molar-refractivity contribution >= 4 is 17.5 Å². The average Bonchev–Trinajstić information content (AvgIpc) is 2.75. The number of benzene rings is 2. The molecular weight excluding hydrogens is 364 g/mol. The highest BCUT2D eigenvalue weighted by Crippen LogP contribution is 2.30. The first-order valence-electron chi connectivity index (χ1n) is 10.5. The van der Waals surface area contributed by atoms with E-state index in [9.17, 15) is 9.59 Å². The summed E-state index contributed by atoms with van der Waals surface area (Å²) in [5, 5.41) is 5.97. The molecule has 0 aromatic heterocycles. The van der Waals surface area contributed by atoms with Gasteiger partial charge < -0.3 is 15.4 Å². The molecule has 0 saturated carbocycles. The smallest absolute Gasteiger partial charge is 0.226 e. The van der Waals surface area contributed by atoms with Gasteiger partial charge in [-0.1, -0.05) is 43.7 Å². The van der Waals surface area contributed by atoms with Gasteiger partial charge in [0.1, 0.15) is 12.4 Å². The number of carbonyl (C=O) groups is 2. The SMILES string of the molecule is CCCCC(=O)Nc1ccc2c(c1)C[C@H](C(=O)NCCCc1ccccc1)CO2. The van der Waals surface area contributed by atoms with Crippen molar-refractivity contribution in [2.24, 2.45) is 5.92 Å². The second kappa shape index (κ2) is 10.6. The maximum Gasteiger partial charge on any atom is 0.226 e. The summed E-state index contributed by atoms with van der Waals surface area (Å²) in [5.41, 5.74) is 3.01. The number of fused-ring (bicyclic) bond motifs is 1. The molecule has 0 radical (unpaired) electrons. The van der Waals surface area contributed by atoms with Gasteiger partial charge in [0.15, 0.2) is 0 Å². The van der Waals surface area contributed by atoms with E-state index < -0.39 is 0 Å². The molecule has 0 unspecified atom stereocenters. The van der Waals surface area contributed by atoms with E-state index in [4.69, 9.17) is 4.74 Å². The molecule has 0 bridgehead atoms. The molecule has 1 atom stereocenters. The molecule has 29 heavy (non-hydrogen) atoms. The molecule has 0 spiro atoms. The quantitative estimate of drug-likeness (QED) is 0.629. The van der Waals surface area contributed by atoms with Crippen molar-refractivity contribution in [1.29, 1.82) is 0 Å². The van der Waals surface area contributed by atoms with E-state index in [-0.39, 0.29) is 17.7 Å². The third kappa shape index (κ3) is 6.34. The maximum atomic E-state index is 12.5. The minimum Gasteiger partial charge on any atom is -0.492 e. The summed E-state index contributed by atoms with van der Waals surface area (Å²) in [6.45, 7) is 3.11. The first kappa shape index (κ1) is 20.9. The van der Waals surface area contributed by atoms with Crippen molar-refractivity contribution in [2.45, 2.75) is 45.4 Å². The van der Waals surface area contributed by atoms with Crippen LogP contribution < -0.4 is 15.4 Å². The molecule has 0 aliphatic carbocycles. The molecule has 2 aromatic rings. The van der Waals surface area contributed by atoms with Crippen LogP contribution >= 0.6 is 0 Å². The zero-order valence-electron chi connectivity index (χ0n) is 17.1. The van der Waals surface area contributed by atoms with Crippen LogP contribution in [0.2, 0.25) is 0 Å². The minimum atomic E-state index is -0.203. The fourth-order valence-corrected chi connectivity index (χ4v) is 3.49. The number of amides is 2. The van der Waals surface area contributed by atoms with Crippen LogP contribution in [-0.2, 0) is 22.4 Å². The third-order valence-electron chi connectivity index (χ3n) is 5.16. The fourth-order valence-electron chi connectivity index (χ4n) is 3.49. The number of unbranched alkanes of at least 4 members (excludes halogenated alkanes) is 1. The van der Waals surface area contributed by atoms with E-state index in [2.05, 4.69) is 29.7 Å². The summed E-state index contributed by atoms with van der Waals surface area (Å²) in [4.78, 5) is 24.5. The van der Waals surface area contributed by atoms with Gasteiger partial charge in [-0.25, -0.2) is 0 Å². The van der Waals surface area contributed by atoms with E-state index in [1.54, 1.807) is 0 Å². The van der Waals surface area contributed by atoms with Gasteiger partial charge in [0.2, 0.25) is 11.8 Å². The van der Waals surface area contributed by atoms with E-state index in [1.165, 1.54) is 5.56 Å². The summed E-state index contributed by atoms with van der Waals surface area (Å²) in [6.07, 6.45) is 4.89. The molecule has 154 valence electrons. The van der Waals surface area contributed by atoms with Gasteiger partial charge in [0.25, 0.3) is 0 Å². The summed E-state index contributed by atoms with van der Waals surface area (Å²) >= 11 is 0. The highest BCUT2D eigenvalue weighted by Gasteiger charge is 2.26. The first-order valence-corrected chi connectivity index (χ1v) is 10.5. The molecule has 2 amide bonds. The number of hydrogen-bond donors (Lipinski definition) is 2. The molecule has 2 N–H and O–H groups in total. The second-order valence-corrected chi connectivity index (χ2v) is 7.57. The number of anilines is 1. The van der Waals surface area contributed by atoms with Gasteiger partial charge in [-0.3, -0.25) is 9.59 Å². The van der Waals surface area contributed by atoms with Crippen LogP contribution in [0.5, 0.6) is 5.75 Å². The normalized spacial score (nSPS) is 15.1. The lowest BCUT2D eigenvalue weighted by Gasteiger charge is -2.25. The molecule has 0 fully saturated rings. The van der Waals surface area contributed by atoms with E-state index in [0.717, 1.165) is 42.7 Å². The van der Waals surface area contributed by atoms with Crippen LogP contribution in [0.4, 0.5) is 5.69 Å². The Morgan fingerprint density at radius 2 is 1.93 bits per heavy atom. The van der Waals surface area contributed by atoms with Crippen molar-refractivity contribution in [3.8, 4) is 5.75 Å². The summed E-state index contributed by atoms with van der Waals surface area (Å²) in [6, 6.07) is 15.9. The Bertz CT molecular complexity index is 820. The van der Waals surface area contributed by atoms with Crippen LogP contribution in [-0.4, -0.2) is 25.0 Å². The number of ether oxygens (including phenoxy) is 1. The van der Waals surface area contributed by atoms with E-state index in [0.29, 0.717) is 26.0 Å². The second-order valence-electron chi connectivity index (χ2n) is 7.57. The maximum absolute atomic E-state index is 12.5. The van der Waals surface area contributed by atoms with Gasteiger partial charge in [-0.15, -0.1) is 0 Å². The molecule has 1 aliphatic heterocycles. The summed E-state index contributed by atoms with van der Waals surface area (Å²) in [7, 11) is 0. The third-order valence-corrected chi connectivity index (χ3v) is 5.16. The number of carbonyl (C=O) groups excluding carboxylic acids is 2. The van der Waals surface area contributed by atoms with Crippen LogP contribution in [0.15, 0.2) is 48.5 Å². The highest BCUT2D eigenvalue weighted by molar-refractivity contribution is 5.91. The average molecular weight is 395 g/mol. The predicted molar refractivity (Wildman–Crippen MR) is 115 cm³/mol. The van der Waals surface area contributed by atoms with Crippen molar-refractivity contribution < 1.29 is 14.3 Å². The van der Waals surface area contributed by atoms with Crippen LogP contribution in [0.1, 0.15) is 43.7 Å². The zero-order chi connectivity index (χ0) is 20.5. The van der Waals surface area contributed by atoms with Gasteiger partial charge in [0.05, 0.1) is 5.92 Å². The predicted octanol–water partition coefficient (Wildman–Crippen LogP) is 4.12. The Kier molecular flexibility index (Phi) is 7.68. The number of aryl methyl sites for hydroxylation is 1. The van der Waals surface area contributed by atoms with Gasteiger partial charge in [0, 0.05) is 18.7 Å². The molecule has 5 nitrogen and oxygen atoms in total. The Labute approximate surface area is 172 Å². The molecule has 0 saturated heterocycles. The Balaban J connectivity index is 1.48. The highest BCUT2D eigenvalue weighted by atomic mass is 16.5. The van der Waals surface area contributed by atoms with E-state index in [1.807, 2.05) is 36.4 Å². The standard InChI is InChI=1S/C24H30N2O3/c1-2-3-11-23(27)26-21-12-13-22-19(16-21)15-20(17-29-22)24(28)25-14-7-10-18-8-5-4-6-9-18/h4-6,8-9,12-13,16,20H,2-3,7,10-11,14-15,17H2,1H3,(H,25,28)(H,26,27)/t20-/m0/s1. The largest absolute Gasteiger partial charge is 0.492 e. The Morgan fingerprint density at radius 1 is 1.10 bits per heavy atom. The number of nitrogens with one attached hydrogen (secondary N) is 2. The zero-order valence-corrected chi connectivity index (χ0v) is 17.1. The van der Waals surface area contributed by atoms with Crippen molar-refractivity contribution in [2.75, 3.05) is 18.5 Å². The van der Waals surface area contributed by atoms with Crippen molar-refractivity contribution in [3.63, 3.8) is 0 Å². The summed E-state index contributed by atoms with van der Waals surface area (Å²) in [5.74, 6) is 0.646. The molecule has 1 heterocycles. The number of rotatable bonds is 9. The van der Waals surface area contributed by atoms with Crippen LogP contribution in [0.25, 0.3) is 0 Å². The molecule has 5 heteroatoms. The van der Waals surface area contributed by atoms with Crippen molar-refractivity contribution in [1.82, 2.24) is 5.32 Å². The molecule has 1 aliphatic rings. The lowest BCUT2D eigenvalue weighted by molar-refractivity contribution is -0.126. The fraction of sp³-hybridized carbons (Fsp3) is 0.417. The van der Waals surface area contributed by atoms with Gasteiger partial charge in [-0.05, 0) is 55.0 Å². The Morgan fingerprint density at radius 3 is 2.72 bits per heavy atom. The monoisotopic (exact) mass is 394 g/mol. The molecule has 2 aromatic carbocycles. The first-order chi connectivity index (χ1) is 14.2. The van der Waals surface area contributed by atoms with Gasteiger partial charge >= 0.3 is 0 Å². The van der Waals surface area contributed by atoms with E-state index >= 15 is 0 Å². The minimum absolute atomic E-state index is 0.0243. The topological polar surface area (TPSA) is 67.4 Å². The molecule has 3 rings (SSSR count). The van der Waals surface area contributed by atoms with Gasteiger partial charge in [-0.2, -0.15) is 0 Å². The Hall–Kier alpha value is -2.82.